The Kier molecular flexibility index (Phi) is 5.96. The molecule has 1 heterocycles. The molecule has 0 spiro atoms. The van der Waals surface area contributed by atoms with Gasteiger partial charge in [-0.3, -0.25) is 4.98 Å². The number of aromatic nitrogens is 1. The molecule has 1 unspecified atom stereocenters. The van der Waals surface area contributed by atoms with Crippen molar-refractivity contribution in [2.45, 2.75) is 32.2 Å². The van der Waals surface area contributed by atoms with Crippen LogP contribution in [-0.2, 0) is 4.74 Å². The highest BCUT2D eigenvalue weighted by Crippen LogP contribution is 2.25. The lowest BCUT2D eigenvalue weighted by atomic mass is 9.98. The van der Waals surface area contributed by atoms with Gasteiger partial charge in [-0.05, 0) is 43.5 Å². The number of nitrogens with one attached hydrogen (secondary N) is 1. The number of pyridine rings is 1. The van der Waals surface area contributed by atoms with Gasteiger partial charge in [0.25, 0.3) is 0 Å². The van der Waals surface area contributed by atoms with E-state index in [4.69, 9.17) is 4.74 Å². The molecule has 0 fully saturated rings. The van der Waals surface area contributed by atoms with Crippen LogP contribution in [0.2, 0.25) is 0 Å². The third-order valence-electron chi connectivity index (χ3n) is 3.54. The highest BCUT2D eigenvalue weighted by molar-refractivity contribution is 5.82. The maximum atomic E-state index is 5.18. The predicted octanol–water partition coefficient (Wildman–Crippen LogP) is 3.70. The van der Waals surface area contributed by atoms with Gasteiger partial charge in [-0.2, -0.15) is 0 Å². The van der Waals surface area contributed by atoms with Crippen LogP contribution < -0.4 is 5.32 Å². The van der Waals surface area contributed by atoms with Gasteiger partial charge in [0.15, 0.2) is 0 Å². The largest absolute Gasteiger partial charge is 0.385 e. The maximum Gasteiger partial charge on any atom is 0.0705 e. The van der Waals surface area contributed by atoms with E-state index in [1.54, 1.807) is 7.11 Å². The molecule has 20 heavy (non-hydrogen) atoms. The second-order valence-electron chi connectivity index (χ2n) is 5.06. The summed E-state index contributed by atoms with van der Waals surface area (Å²) in [5.41, 5.74) is 2.42. The number of nitrogens with zero attached hydrogens (tertiary/aromatic N) is 1. The average molecular weight is 272 g/mol. The number of benzene rings is 1. The minimum atomic E-state index is 0.373. The summed E-state index contributed by atoms with van der Waals surface area (Å²) in [5, 5.41) is 4.90. The van der Waals surface area contributed by atoms with Gasteiger partial charge in [-0.1, -0.05) is 25.1 Å². The normalized spacial score (nSPS) is 12.7. The van der Waals surface area contributed by atoms with Crippen LogP contribution in [0.15, 0.2) is 36.5 Å². The number of methoxy groups -OCH3 is 1. The molecule has 2 rings (SSSR count). The zero-order chi connectivity index (χ0) is 14.2. The van der Waals surface area contributed by atoms with E-state index in [-0.39, 0.29) is 0 Å². The molecule has 1 aromatic heterocycles. The van der Waals surface area contributed by atoms with Crippen LogP contribution in [0.5, 0.6) is 0 Å². The van der Waals surface area contributed by atoms with E-state index in [0.717, 1.165) is 37.9 Å². The molecule has 0 saturated carbocycles. The van der Waals surface area contributed by atoms with Gasteiger partial charge >= 0.3 is 0 Å². The Morgan fingerprint density at radius 1 is 1.25 bits per heavy atom. The molecule has 0 aliphatic heterocycles. The van der Waals surface area contributed by atoms with Crippen LogP contribution >= 0.6 is 0 Å². The molecule has 2 aromatic rings. The monoisotopic (exact) mass is 272 g/mol. The number of rotatable bonds is 8. The summed E-state index contributed by atoms with van der Waals surface area (Å²) in [4.78, 5) is 4.45. The van der Waals surface area contributed by atoms with E-state index >= 15 is 0 Å². The maximum absolute atomic E-state index is 5.18. The second-order valence-corrected chi connectivity index (χ2v) is 5.06. The molecule has 0 saturated heterocycles. The second kappa shape index (κ2) is 7.98. The molecule has 0 aliphatic rings. The SMILES string of the molecule is CCCNC(CCCOC)c1ccnc2ccccc12. The molecule has 3 heteroatoms. The van der Waals surface area contributed by atoms with Crippen molar-refractivity contribution < 1.29 is 4.74 Å². The van der Waals surface area contributed by atoms with E-state index in [9.17, 15) is 0 Å². The highest BCUT2D eigenvalue weighted by Gasteiger charge is 2.13. The first-order valence-electron chi connectivity index (χ1n) is 7.42. The summed E-state index contributed by atoms with van der Waals surface area (Å²) in [5.74, 6) is 0. The molecule has 0 amide bonds. The molecule has 1 aromatic carbocycles. The van der Waals surface area contributed by atoms with Gasteiger partial charge in [0, 0.05) is 31.3 Å². The topological polar surface area (TPSA) is 34.1 Å². The van der Waals surface area contributed by atoms with Gasteiger partial charge in [-0.25, -0.2) is 0 Å². The van der Waals surface area contributed by atoms with E-state index in [1.807, 2.05) is 12.3 Å². The van der Waals surface area contributed by atoms with Crippen molar-refractivity contribution in [3.8, 4) is 0 Å². The predicted molar refractivity (Wildman–Crippen MR) is 83.9 cm³/mol. The van der Waals surface area contributed by atoms with Crippen molar-refractivity contribution in [2.75, 3.05) is 20.3 Å². The van der Waals surface area contributed by atoms with Crippen molar-refractivity contribution in [3.05, 3.63) is 42.1 Å². The van der Waals surface area contributed by atoms with Crippen LogP contribution in [0.1, 0.15) is 37.8 Å². The summed E-state index contributed by atoms with van der Waals surface area (Å²) in [6.45, 7) is 4.05. The zero-order valence-corrected chi connectivity index (χ0v) is 12.4. The zero-order valence-electron chi connectivity index (χ0n) is 12.4. The van der Waals surface area contributed by atoms with Crippen molar-refractivity contribution in [3.63, 3.8) is 0 Å². The number of hydrogen-bond donors (Lipinski definition) is 1. The third-order valence-corrected chi connectivity index (χ3v) is 3.54. The van der Waals surface area contributed by atoms with E-state index < -0.39 is 0 Å². The summed E-state index contributed by atoms with van der Waals surface area (Å²) in [6.07, 6.45) is 5.20. The number of fused-ring (bicyclic) bond motifs is 1. The first kappa shape index (κ1) is 14.9. The standard InChI is InChI=1S/C17H24N2O/c1-3-11-18-17(9-6-13-20-2)15-10-12-19-16-8-5-4-7-14(15)16/h4-5,7-8,10,12,17-18H,3,6,9,11,13H2,1-2H3. The summed E-state index contributed by atoms with van der Waals surface area (Å²) < 4.78 is 5.18. The van der Waals surface area contributed by atoms with Crippen LogP contribution in [0.4, 0.5) is 0 Å². The van der Waals surface area contributed by atoms with Crippen LogP contribution in [0, 0.1) is 0 Å². The first-order valence-corrected chi connectivity index (χ1v) is 7.42. The van der Waals surface area contributed by atoms with Crippen molar-refractivity contribution in [1.29, 1.82) is 0 Å². The summed E-state index contributed by atoms with van der Waals surface area (Å²) >= 11 is 0. The molecule has 108 valence electrons. The fraction of sp³-hybridized carbons (Fsp3) is 0.471. The third kappa shape index (κ3) is 3.78. The van der Waals surface area contributed by atoms with Gasteiger partial charge < -0.3 is 10.1 Å². The van der Waals surface area contributed by atoms with Gasteiger partial charge in [0.2, 0.25) is 0 Å². The molecule has 0 aliphatic carbocycles. The van der Waals surface area contributed by atoms with Crippen molar-refractivity contribution >= 4 is 10.9 Å². The van der Waals surface area contributed by atoms with Gasteiger partial charge in [0.05, 0.1) is 5.52 Å². The lowest BCUT2D eigenvalue weighted by Gasteiger charge is -2.20. The summed E-state index contributed by atoms with van der Waals surface area (Å²) in [6, 6.07) is 10.9. The lowest BCUT2D eigenvalue weighted by Crippen LogP contribution is -2.22. The van der Waals surface area contributed by atoms with E-state index in [0.29, 0.717) is 6.04 Å². The number of hydrogen-bond acceptors (Lipinski definition) is 3. The fourth-order valence-corrected chi connectivity index (χ4v) is 2.54. The first-order chi connectivity index (χ1) is 9.86. The minimum absolute atomic E-state index is 0.373. The highest BCUT2D eigenvalue weighted by atomic mass is 16.5. The Morgan fingerprint density at radius 2 is 2.10 bits per heavy atom. The van der Waals surface area contributed by atoms with Crippen molar-refractivity contribution in [1.82, 2.24) is 10.3 Å². The Hall–Kier alpha value is -1.45. The van der Waals surface area contributed by atoms with E-state index in [2.05, 4.69) is 41.5 Å². The Morgan fingerprint density at radius 3 is 2.90 bits per heavy atom. The summed E-state index contributed by atoms with van der Waals surface area (Å²) in [7, 11) is 1.76. The molecular weight excluding hydrogens is 248 g/mol. The molecule has 1 N–H and O–H groups in total. The number of ether oxygens (including phenoxy) is 1. The lowest BCUT2D eigenvalue weighted by molar-refractivity contribution is 0.189. The molecule has 0 radical (unpaired) electrons. The minimum Gasteiger partial charge on any atom is -0.385 e. The molecule has 0 bridgehead atoms. The Balaban J connectivity index is 2.24. The fourth-order valence-electron chi connectivity index (χ4n) is 2.54. The van der Waals surface area contributed by atoms with Gasteiger partial charge in [-0.15, -0.1) is 0 Å². The van der Waals surface area contributed by atoms with Gasteiger partial charge in [0.1, 0.15) is 0 Å². The van der Waals surface area contributed by atoms with Crippen LogP contribution in [-0.4, -0.2) is 25.2 Å². The van der Waals surface area contributed by atoms with Crippen molar-refractivity contribution in [2.24, 2.45) is 0 Å². The molecule has 3 nitrogen and oxygen atoms in total. The quantitative estimate of drug-likeness (QED) is 0.744. The smallest absolute Gasteiger partial charge is 0.0705 e. The van der Waals surface area contributed by atoms with Crippen LogP contribution in [0.3, 0.4) is 0 Å². The van der Waals surface area contributed by atoms with E-state index in [1.165, 1.54) is 10.9 Å². The Labute approximate surface area is 121 Å². The number of para-hydroxylation sites is 1. The molecular formula is C17H24N2O. The molecule has 1 atom stereocenters. The Bertz CT molecular complexity index is 522. The average Bonchev–Trinajstić information content (AvgIpc) is 2.50. The van der Waals surface area contributed by atoms with Crippen LogP contribution in [0.25, 0.3) is 10.9 Å².